The van der Waals surface area contributed by atoms with E-state index in [0.717, 1.165) is 18.8 Å². The minimum Gasteiger partial charge on any atom is -0.466 e. The lowest BCUT2D eigenvalue weighted by atomic mass is 9.83. The van der Waals surface area contributed by atoms with Crippen LogP contribution in [0.1, 0.15) is 43.5 Å². The number of fused-ring (bicyclic) bond motifs is 1. The molecule has 2 aliphatic rings. The van der Waals surface area contributed by atoms with Crippen LogP contribution in [0.5, 0.6) is 0 Å². The van der Waals surface area contributed by atoms with Gasteiger partial charge in [0.05, 0.1) is 24.2 Å². The summed E-state index contributed by atoms with van der Waals surface area (Å²) in [6.07, 6.45) is 1.47. The molecule has 2 atom stereocenters. The van der Waals surface area contributed by atoms with Crippen molar-refractivity contribution in [1.82, 2.24) is 14.8 Å². The van der Waals surface area contributed by atoms with E-state index >= 15 is 0 Å². The number of dihydropyridines is 1. The van der Waals surface area contributed by atoms with E-state index in [1.807, 2.05) is 62.8 Å². The second-order valence-corrected chi connectivity index (χ2v) is 8.35. The van der Waals surface area contributed by atoms with E-state index in [0.29, 0.717) is 22.5 Å². The highest BCUT2D eigenvalue weighted by Crippen LogP contribution is 2.39. The van der Waals surface area contributed by atoms with E-state index in [2.05, 4.69) is 22.3 Å². The maximum Gasteiger partial charge on any atom is 0.338 e. The fourth-order valence-corrected chi connectivity index (χ4v) is 4.62. The van der Waals surface area contributed by atoms with E-state index in [1.54, 1.807) is 0 Å². The van der Waals surface area contributed by atoms with Crippen LogP contribution < -0.4 is 5.32 Å². The first kappa shape index (κ1) is 21.9. The van der Waals surface area contributed by atoms with Gasteiger partial charge in [-0.05, 0) is 44.0 Å². The number of ether oxygens (including phenoxy) is 2. The molecular weight excluding hydrogens is 406 g/mol. The number of nitrogens with one attached hydrogen (secondary N) is 1. The van der Waals surface area contributed by atoms with Crippen LogP contribution in [0.25, 0.3) is 0 Å². The van der Waals surface area contributed by atoms with Gasteiger partial charge in [0.2, 0.25) is 0 Å². The highest BCUT2D eigenvalue weighted by molar-refractivity contribution is 5.99. The van der Waals surface area contributed by atoms with Gasteiger partial charge in [-0.15, -0.1) is 0 Å². The summed E-state index contributed by atoms with van der Waals surface area (Å²) in [5, 5.41) is 3.18. The van der Waals surface area contributed by atoms with Gasteiger partial charge >= 0.3 is 11.9 Å². The molecule has 168 valence electrons. The molecule has 0 saturated carbocycles. The Morgan fingerprint density at radius 1 is 1.00 bits per heavy atom. The van der Waals surface area contributed by atoms with Crippen LogP contribution in [0.4, 0.5) is 0 Å². The molecule has 0 amide bonds. The van der Waals surface area contributed by atoms with Crippen molar-refractivity contribution in [3.63, 3.8) is 0 Å². The number of methoxy groups -OCH3 is 1. The third-order valence-corrected chi connectivity index (χ3v) is 6.32. The number of rotatable bonds is 5. The number of allylic oxidation sites excluding steroid dienone is 2. The SMILES string of the molecule is COC(=O)C1=C(C)NC(C)=C(C(=O)OC(C)N2Cc3ccccc3C2)C1c1cccn1C. The lowest BCUT2D eigenvalue weighted by Gasteiger charge is -2.32. The van der Waals surface area contributed by atoms with E-state index < -0.39 is 24.1 Å². The number of carbonyl (C=O) groups is 2. The zero-order valence-corrected chi connectivity index (χ0v) is 19.1. The lowest BCUT2D eigenvalue weighted by Crippen LogP contribution is -2.37. The van der Waals surface area contributed by atoms with Crippen molar-refractivity contribution in [1.29, 1.82) is 0 Å². The van der Waals surface area contributed by atoms with Crippen molar-refractivity contribution in [2.24, 2.45) is 7.05 Å². The molecule has 0 fully saturated rings. The Balaban J connectivity index is 1.63. The monoisotopic (exact) mass is 435 g/mol. The topological polar surface area (TPSA) is 72.8 Å². The minimum absolute atomic E-state index is 0.410. The maximum atomic E-state index is 13.5. The Bertz CT molecular complexity index is 1100. The quantitative estimate of drug-likeness (QED) is 0.727. The Morgan fingerprint density at radius 3 is 2.12 bits per heavy atom. The summed E-state index contributed by atoms with van der Waals surface area (Å²) in [7, 11) is 3.24. The smallest absolute Gasteiger partial charge is 0.338 e. The Morgan fingerprint density at radius 2 is 1.59 bits per heavy atom. The molecule has 0 aliphatic carbocycles. The molecule has 1 N–H and O–H groups in total. The molecule has 1 aromatic heterocycles. The summed E-state index contributed by atoms with van der Waals surface area (Å²) in [6, 6.07) is 12.0. The molecule has 2 aliphatic heterocycles. The van der Waals surface area contributed by atoms with Gasteiger partial charge in [0, 0.05) is 43.4 Å². The van der Waals surface area contributed by atoms with Crippen molar-refractivity contribution in [3.8, 4) is 0 Å². The molecular formula is C25H29N3O4. The van der Waals surface area contributed by atoms with Gasteiger partial charge in [0.25, 0.3) is 0 Å². The van der Waals surface area contributed by atoms with Crippen LogP contribution in [0.3, 0.4) is 0 Å². The molecule has 7 nitrogen and oxygen atoms in total. The van der Waals surface area contributed by atoms with Gasteiger partial charge in [0.1, 0.15) is 0 Å². The average molecular weight is 436 g/mol. The first-order valence-electron chi connectivity index (χ1n) is 10.7. The number of carbonyl (C=O) groups excluding carboxylic acids is 2. The van der Waals surface area contributed by atoms with E-state index in [-0.39, 0.29) is 0 Å². The zero-order valence-electron chi connectivity index (χ0n) is 19.1. The summed E-state index contributed by atoms with van der Waals surface area (Å²) < 4.78 is 12.9. The molecule has 0 radical (unpaired) electrons. The Kier molecular flexibility index (Phi) is 5.93. The second kappa shape index (κ2) is 8.67. The average Bonchev–Trinajstić information content (AvgIpc) is 3.38. The second-order valence-electron chi connectivity index (χ2n) is 8.35. The molecule has 3 heterocycles. The van der Waals surface area contributed by atoms with Gasteiger partial charge in [-0.25, -0.2) is 9.59 Å². The molecule has 0 spiro atoms. The predicted octanol–water partition coefficient (Wildman–Crippen LogP) is 3.34. The van der Waals surface area contributed by atoms with Crippen LogP contribution in [-0.2, 0) is 39.2 Å². The van der Waals surface area contributed by atoms with E-state index in [1.165, 1.54) is 18.2 Å². The standard InChI is InChI=1S/C25H29N3O4/c1-15-21(24(29)31-5)23(20-11-8-12-27(20)4)22(16(2)26-15)25(30)32-17(3)28-13-18-9-6-7-10-19(18)14-28/h6-12,17,23,26H,13-14H2,1-5H3. The van der Waals surface area contributed by atoms with Gasteiger partial charge in [-0.3, -0.25) is 4.90 Å². The Hall–Kier alpha value is -3.32. The van der Waals surface area contributed by atoms with Crippen LogP contribution in [-0.4, -0.2) is 34.7 Å². The summed E-state index contributed by atoms with van der Waals surface area (Å²) in [5.41, 5.74) is 5.48. The number of hydrogen-bond donors (Lipinski definition) is 1. The van der Waals surface area contributed by atoms with Gasteiger partial charge in [-0.2, -0.15) is 0 Å². The van der Waals surface area contributed by atoms with Crippen LogP contribution in [0, 0.1) is 0 Å². The van der Waals surface area contributed by atoms with E-state index in [4.69, 9.17) is 9.47 Å². The fraction of sp³-hybridized carbons (Fsp3) is 0.360. The normalized spacial score (nSPS) is 19.5. The van der Waals surface area contributed by atoms with Gasteiger partial charge in [-0.1, -0.05) is 24.3 Å². The Labute approximate surface area is 188 Å². The predicted molar refractivity (Wildman–Crippen MR) is 120 cm³/mol. The highest BCUT2D eigenvalue weighted by atomic mass is 16.6. The largest absolute Gasteiger partial charge is 0.466 e. The first-order valence-corrected chi connectivity index (χ1v) is 10.7. The molecule has 2 unspecified atom stereocenters. The summed E-state index contributed by atoms with van der Waals surface area (Å²) in [4.78, 5) is 28.3. The number of hydrogen-bond acceptors (Lipinski definition) is 6. The number of benzene rings is 1. The molecule has 2 aromatic rings. The van der Waals surface area contributed by atoms with Crippen molar-refractivity contribution in [2.45, 2.75) is 46.0 Å². The third-order valence-electron chi connectivity index (χ3n) is 6.32. The van der Waals surface area contributed by atoms with Crippen molar-refractivity contribution in [3.05, 3.63) is 82.0 Å². The summed E-state index contributed by atoms with van der Waals surface area (Å²) >= 11 is 0. The minimum atomic E-state index is -0.584. The number of aryl methyl sites for hydroxylation is 1. The van der Waals surface area contributed by atoms with Gasteiger partial charge in [0.15, 0.2) is 6.23 Å². The molecule has 0 saturated heterocycles. The lowest BCUT2D eigenvalue weighted by molar-refractivity contribution is -0.153. The first-order chi connectivity index (χ1) is 15.3. The van der Waals surface area contributed by atoms with Crippen LogP contribution in [0.2, 0.25) is 0 Å². The molecule has 0 bridgehead atoms. The van der Waals surface area contributed by atoms with Crippen molar-refractivity contribution < 1.29 is 19.1 Å². The molecule has 7 heteroatoms. The zero-order chi connectivity index (χ0) is 23.0. The summed E-state index contributed by atoms with van der Waals surface area (Å²) in [6.45, 7) is 7.00. The number of esters is 2. The van der Waals surface area contributed by atoms with Gasteiger partial charge < -0.3 is 19.4 Å². The highest BCUT2D eigenvalue weighted by Gasteiger charge is 2.39. The summed E-state index contributed by atoms with van der Waals surface area (Å²) in [5.74, 6) is -1.50. The number of aromatic nitrogens is 1. The molecule has 1 aromatic carbocycles. The fourth-order valence-electron chi connectivity index (χ4n) is 4.62. The van der Waals surface area contributed by atoms with Crippen LogP contribution in [0.15, 0.2) is 65.1 Å². The maximum absolute atomic E-state index is 13.5. The molecule has 32 heavy (non-hydrogen) atoms. The van der Waals surface area contributed by atoms with E-state index in [9.17, 15) is 9.59 Å². The van der Waals surface area contributed by atoms with Crippen molar-refractivity contribution >= 4 is 11.9 Å². The van der Waals surface area contributed by atoms with Crippen LogP contribution >= 0.6 is 0 Å². The third kappa shape index (κ3) is 3.84. The number of nitrogens with zero attached hydrogens (tertiary/aromatic N) is 2. The van der Waals surface area contributed by atoms with Crippen molar-refractivity contribution in [2.75, 3.05) is 7.11 Å². The molecule has 4 rings (SSSR count).